The lowest BCUT2D eigenvalue weighted by molar-refractivity contribution is -0.121. The number of nitrogens with zero attached hydrogens (tertiary/aromatic N) is 2. The molecule has 0 aliphatic carbocycles. The lowest BCUT2D eigenvalue weighted by atomic mass is 10.1. The molecule has 0 aromatic carbocycles. The van der Waals surface area contributed by atoms with E-state index in [0.29, 0.717) is 6.54 Å². The van der Waals surface area contributed by atoms with E-state index in [1.807, 2.05) is 51.7 Å². The van der Waals surface area contributed by atoms with Crippen LogP contribution in [0.3, 0.4) is 0 Å². The van der Waals surface area contributed by atoms with E-state index in [9.17, 15) is 4.79 Å². The van der Waals surface area contributed by atoms with Crippen molar-refractivity contribution in [1.29, 1.82) is 0 Å². The lowest BCUT2D eigenvalue weighted by Gasteiger charge is -2.21. The summed E-state index contributed by atoms with van der Waals surface area (Å²) in [6, 6.07) is 0.121. The highest BCUT2D eigenvalue weighted by Gasteiger charge is 2.14. The maximum atomic E-state index is 11.7. The van der Waals surface area contributed by atoms with Gasteiger partial charge in [-0.05, 0) is 34.6 Å². The van der Waals surface area contributed by atoms with Crippen molar-refractivity contribution in [3.8, 4) is 0 Å². The average Bonchev–Trinajstić information content (AvgIpc) is 2.72. The number of aryl methyl sites for hydroxylation is 1. The first-order valence-electron chi connectivity index (χ1n) is 6.38. The first kappa shape index (κ1) is 14.7. The molecular weight excluding hydrogens is 228 g/mol. The summed E-state index contributed by atoms with van der Waals surface area (Å²) < 4.78 is 1.88. The SMILES string of the molecule is CCn1cc(C(C)NCC(=O)NC(C)(C)C)cn1. The Morgan fingerprint density at radius 2 is 2.17 bits per heavy atom. The Kier molecular flexibility index (Phi) is 4.90. The van der Waals surface area contributed by atoms with Crippen LogP contribution in [0.25, 0.3) is 0 Å². The highest BCUT2D eigenvalue weighted by atomic mass is 16.2. The molecule has 1 aromatic rings. The molecule has 0 saturated carbocycles. The molecule has 0 radical (unpaired) electrons. The zero-order chi connectivity index (χ0) is 13.8. The molecule has 0 aliphatic rings. The van der Waals surface area contributed by atoms with Gasteiger partial charge in [0.25, 0.3) is 0 Å². The van der Waals surface area contributed by atoms with Crippen LogP contribution in [-0.4, -0.2) is 27.8 Å². The van der Waals surface area contributed by atoms with Crippen LogP contribution in [0.15, 0.2) is 12.4 Å². The van der Waals surface area contributed by atoms with Crippen molar-refractivity contribution in [3.63, 3.8) is 0 Å². The van der Waals surface area contributed by atoms with Crippen molar-refractivity contribution < 1.29 is 4.79 Å². The molecule has 0 bridgehead atoms. The molecule has 5 heteroatoms. The van der Waals surface area contributed by atoms with E-state index in [-0.39, 0.29) is 17.5 Å². The lowest BCUT2D eigenvalue weighted by Crippen LogP contribution is -2.45. The fraction of sp³-hybridized carbons (Fsp3) is 0.692. The van der Waals surface area contributed by atoms with E-state index in [1.54, 1.807) is 0 Å². The van der Waals surface area contributed by atoms with Gasteiger partial charge in [0, 0.05) is 29.9 Å². The summed E-state index contributed by atoms with van der Waals surface area (Å²) >= 11 is 0. The molecule has 2 N–H and O–H groups in total. The Labute approximate surface area is 109 Å². The van der Waals surface area contributed by atoms with Gasteiger partial charge < -0.3 is 10.6 Å². The molecule has 0 spiro atoms. The first-order valence-corrected chi connectivity index (χ1v) is 6.38. The molecule has 1 heterocycles. The molecule has 0 aliphatic heterocycles. The predicted molar refractivity (Wildman–Crippen MR) is 72.2 cm³/mol. The van der Waals surface area contributed by atoms with Gasteiger partial charge in [-0.3, -0.25) is 9.48 Å². The first-order chi connectivity index (χ1) is 8.31. The monoisotopic (exact) mass is 252 g/mol. The summed E-state index contributed by atoms with van der Waals surface area (Å²) in [5.41, 5.74) is 0.912. The molecule has 0 fully saturated rings. The molecule has 0 saturated heterocycles. The minimum absolute atomic E-state index is 0.0113. The van der Waals surface area contributed by atoms with Gasteiger partial charge in [0.1, 0.15) is 0 Å². The van der Waals surface area contributed by atoms with E-state index >= 15 is 0 Å². The number of carbonyl (C=O) groups excluding carboxylic acids is 1. The normalized spacial score (nSPS) is 13.4. The van der Waals surface area contributed by atoms with E-state index in [2.05, 4.69) is 15.7 Å². The summed E-state index contributed by atoms with van der Waals surface area (Å²) in [6.07, 6.45) is 3.84. The van der Waals surface area contributed by atoms with Crippen LogP contribution in [0.2, 0.25) is 0 Å². The molecule has 102 valence electrons. The zero-order valence-electron chi connectivity index (χ0n) is 11.9. The van der Waals surface area contributed by atoms with Crippen LogP contribution in [-0.2, 0) is 11.3 Å². The Morgan fingerprint density at radius 3 is 2.67 bits per heavy atom. The van der Waals surface area contributed by atoms with Crippen molar-refractivity contribution in [3.05, 3.63) is 18.0 Å². The smallest absolute Gasteiger partial charge is 0.234 e. The van der Waals surface area contributed by atoms with Crippen LogP contribution >= 0.6 is 0 Å². The van der Waals surface area contributed by atoms with E-state index in [4.69, 9.17) is 0 Å². The number of amides is 1. The maximum absolute atomic E-state index is 11.7. The summed E-state index contributed by atoms with van der Waals surface area (Å²) in [4.78, 5) is 11.7. The molecule has 1 unspecified atom stereocenters. The molecule has 1 atom stereocenters. The highest BCUT2D eigenvalue weighted by molar-refractivity contribution is 5.78. The van der Waals surface area contributed by atoms with E-state index < -0.39 is 0 Å². The summed E-state index contributed by atoms with van der Waals surface area (Å²) in [5, 5.41) is 10.3. The fourth-order valence-corrected chi connectivity index (χ4v) is 1.60. The minimum Gasteiger partial charge on any atom is -0.350 e. The highest BCUT2D eigenvalue weighted by Crippen LogP contribution is 2.10. The van der Waals surface area contributed by atoms with Crippen LogP contribution in [0.4, 0.5) is 0 Å². The summed E-state index contributed by atoms with van der Waals surface area (Å²) in [5.74, 6) is 0.0113. The van der Waals surface area contributed by atoms with Gasteiger partial charge in [-0.2, -0.15) is 5.10 Å². The largest absolute Gasteiger partial charge is 0.350 e. The van der Waals surface area contributed by atoms with Gasteiger partial charge in [0.05, 0.1) is 12.7 Å². The van der Waals surface area contributed by atoms with Gasteiger partial charge in [0.2, 0.25) is 5.91 Å². The molecule has 5 nitrogen and oxygen atoms in total. The fourth-order valence-electron chi connectivity index (χ4n) is 1.60. The van der Waals surface area contributed by atoms with Gasteiger partial charge in [-0.15, -0.1) is 0 Å². The summed E-state index contributed by atoms with van der Waals surface area (Å²) in [7, 11) is 0. The number of nitrogens with one attached hydrogen (secondary N) is 2. The standard InChI is InChI=1S/C13H24N4O/c1-6-17-9-11(7-15-17)10(2)14-8-12(18)16-13(3,4)5/h7,9-10,14H,6,8H2,1-5H3,(H,16,18). The molecule has 1 aromatic heterocycles. The Bertz CT molecular complexity index is 392. The van der Waals surface area contributed by atoms with E-state index in [1.165, 1.54) is 0 Å². The second-order valence-corrected chi connectivity index (χ2v) is 5.53. The minimum atomic E-state index is -0.185. The third-order valence-electron chi connectivity index (χ3n) is 2.56. The van der Waals surface area contributed by atoms with Crippen molar-refractivity contribution in [2.24, 2.45) is 0 Å². The molecular formula is C13H24N4O. The number of rotatable bonds is 5. The van der Waals surface area contributed by atoms with Gasteiger partial charge in [-0.25, -0.2) is 0 Å². The quantitative estimate of drug-likeness (QED) is 0.834. The van der Waals surface area contributed by atoms with Gasteiger partial charge >= 0.3 is 0 Å². The maximum Gasteiger partial charge on any atom is 0.234 e. The van der Waals surface area contributed by atoms with Crippen molar-refractivity contribution in [2.75, 3.05) is 6.54 Å². The van der Waals surface area contributed by atoms with Gasteiger partial charge in [-0.1, -0.05) is 0 Å². The van der Waals surface area contributed by atoms with Crippen molar-refractivity contribution >= 4 is 5.91 Å². The summed E-state index contributed by atoms with van der Waals surface area (Å²) in [6.45, 7) is 11.2. The number of carbonyl (C=O) groups is 1. The number of aromatic nitrogens is 2. The Balaban J connectivity index is 2.41. The molecule has 18 heavy (non-hydrogen) atoms. The van der Waals surface area contributed by atoms with Crippen LogP contribution in [0, 0.1) is 0 Å². The average molecular weight is 252 g/mol. The van der Waals surface area contributed by atoms with Crippen molar-refractivity contribution in [1.82, 2.24) is 20.4 Å². The van der Waals surface area contributed by atoms with Crippen LogP contribution in [0.5, 0.6) is 0 Å². The zero-order valence-corrected chi connectivity index (χ0v) is 11.9. The van der Waals surface area contributed by atoms with Gasteiger partial charge in [0.15, 0.2) is 0 Å². The second kappa shape index (κ2) is 6.00. The van der Waals surface area contributed by atoms with E-state index in [0.717, 1.165) is 12.1 Å². The predicted octanol–water partition coefficient (Wildman–Crippen LogP) is 1.47. The van der Waals surface area contributed by atoms with Crippen LogP contribution in [0.1, 0.15) is 46.2 Å². The van der Waals surface area contributed by atoms with Crippen molar-refractivity contribution in [2.45, 2.75) is 52.7 Å². The number of hydrogen-bond acceptors (Lipinski definition) is 3. The topological polar surface area (TPSA) is 59.0 Å². The second-order valence-electron chi connectivity index (χ2n) is 5.53. The number of hydrogen-bond donors (Lipinski definition) is 2. The Hall–Kier alpha value is -1.36. The third-order valence-corrected chi connectivity index (χ3v) is 2.56. The molecule has 1 amide bonds. The van der Waals surface area contributed by atoms with Crippen LogP contribution < -0.4 is 10.6 Å². The third kappa shape index (κ3) is 4.87. The molecule has 1 rings (SSSR count). The Morgan fingerprint density at radius 1 is 1.50 bits per heavy atom.